The van der Waals surface area contributed by atoms with E-state index in [1.54, 1.807) is 0 Å². The molecule has 9 heteroatoms. The minimum Gasteiger partial charge on any atom is -0.481 e. The summed E-state index contributed by atoms with van der Waals surface area (Å²) in [7, 11) is -3.91. The molecule has 1 N–H and O–H groups in total. The van der Waals surface area contributed by atoms with E-state index < -0.39 is 34.2 Å². The van der Waals surface area contributed by atoms with E-state index in [1.807, 2.05) is 0 Å². The van der Waals surface area contributed by atoms with Crippen LogP contribution in [-0.4, -0.2) is 37.0 Å². The summed E-state index contributed by atoms with van der Waals surface area (Å²) < 4.78 is 33.6. The van der Waals surface area contributed by atoms with Gasteiger partial charge in [0, 0.05) is 16.7 Å². The Hall–Kier alpha value is -3.33. The van der Waals surface area contributed by atoms with Crippen LogP contribution in [0.5, 0.6) is 5.75 Å². The minimum absolute atomic E-state index is 0.0293. The molecular formula is C18H11NO7S. The molecule has 8 nitrogen and oxygen atoms in total. The van der Waals surface area contributed by atoms with Gasteiger partial charge in [-0.05, 0) is 12.1 Å². The number of aliphatic carboxylic acids is 1. The highest BCUT2D eigenvalue weighted by atomic mass is 32.2. The fourth-order valence-corrected chi connectivity index (χ4v) is 4.39. The molecule has 0 atom stereocenters. The van der Waals surface area contributed by atoms with E-state index in [9.17, 15) is 22.8 Å². The van der Waals surface area contributed by atoms with Gasteiger partial charge in [-0.15, -0.1) is 0 Å². The van der Waals surface area contributed by atoms with Crippen LogP contribution >= 0.6 is 0 Å². The number of hydrogen-bond acceptors (Lipinski definition) is 6. The smallest absolute Gasteiger partial charge is 0.311 e. The van der Waals surface area contributed by atoms with Crippen LogP contribution in [-0.2, 0) is 19.6 Å². The highest BCUT2D eigenvalue weighted by Gasteiger charge is 2.40. The van der Waals surface area contributed by atoms with E-state index in [2.05, 4.69) is 4.40 Å². The third-order valence-corrected chi connectivity index (χ3v) is 5.59. The van der Waals surface area contributed by atoms with Crippen molar-refractivity contribution in [1.29, 1.82) is 0 Å². The minimum atomic E-state index is -3.91. The summed E-state index contributed by atoms with van der Waals surface area (Å²) in [5, 5.41) is 8.66. The number of fused-ring (bicyclic) bond motifs is 2. The number of benzene rings is 2. The monoisotopic (exact) mass is 385 g/mol. The number of carbonyl (C=O) groups is 3. The Labute approximate surface area is 153 Å². The summed E-state index contributed by atoms with van der Waals surface area (Å²) in [6.07, 6.45) is -0.762. The lowest BCUT2D eigenvalue weighted by Crippen LogP contribution is -2.22. The van der Waals surface area contributed by atoms with Gasteiger partial charge in [-0.3, -0.25) is 14.4 Å². The number of sulfonamides is 1. The first-order valence-electron chi connectivity index (χ1n) is 7.88. The highest BCUT2D eigenvalue weighted by Crippen LogP contribution is 2.40. The standard InChI is InChI=1S/C18H11NO7S/c20-13(21)7-8-14(22)26-11-5-1-3-9-15(11)18(23)10-4-2-6-12-16(10)17(9)19-27(12,24)25/h1-6H,7-8H2,(H,20,21). The van der Waals surface area contributed by atoms with Crippen LogP contribution in [0.3, 0.4) is 0 Å². The Balaban J connectivity index is 1.83. The Kier molecular flexibility index (Phi) is 3.70. The number of esters is 1. The summed E-state index contributed by atoms with van der Waals surface area (Å²) in [6.45, 7) is 0. The van der Waals surface area contributed by atoms with Crippen molar-refractivity contribution in [3.05, 3.63) is 58.7 Å². The molecule has 0 fully saturated rings. The Bertz CT molecular complexity index is 1180. The quantitative estimate of drug-likeness (QED) is 0.533. The first-order valence-corrected chi connectivity index (χ1v) is 9.32. The largest absolute Gasteiger partial charge is 0.481 e. The van der Waals surface area contributed by atoms with Gasteiger partial charge >= 0.3 is 11.9 Å². The van der Waals surface area contributed by atoms with Gasteiger partial charge in [0.15, 0.2) is 5.78 Å². The van der Waals surface area contributed by atoms with Crippen LogP contribution in [0.4, 0.5) is 0 Å². The molecule has 0 amide bonds. The molecule has 2 aromatic carbocycles. The number of hydrogen-bond donors (Lipinski definition) is 1. The first kappa shape index (κ1) is 17.1. The van der Waals surface area contributed by atoms with Crippen LogP contribution < -0.4 is 4.74 Å². The Morgan fingerprint density at radius 2 is 1.70 bits per heavy atom. The van der Waals surface area contributed by atoms with Gasteiger partial charge in [0.1, 0.15) is 5.75 Å². The number of carbonyl (C=O) groups excluding carboxylic acids is 2. The van der Waals surface area contributed by atoms with Gasteiger partial charge in [0.2, 0.25) is 0 Å². The molecule has 2 aromatic rings. The van der Waals surface area contributed by atoms with Crippen molar-refractivity contribution in [2.75, 3.05) is 0 Å². The zero-order valence-corrected chi connectivity index (χ0v) is 14.4. The molecule has 27 heavy (non-hydrogen) atoms. The number of rotatable bonds is 4. The number of nitrogens with zero attached hydrogens (tertiary/aromatic N) is 1. The topological polar surface area (TPSA) is 127 Å². The van der Waals surface area contributed by atoms with E-state index in [0.717, 1.165) is 0 Å². The van der Waals surface area contributed by atoms with Crippen LogP contribution in [0.1, 0.15) is 39.9 Å². The molecule has 1 aliphatic carbocycles. The Morgan fingerprint density at radius 1 is 1.00 bits per heavy atom. The predicted octanol–water partition coefficient (Wildman–Crippen LogP) is 1.54. The average molecular weight is 385 g/mol. The summed E-state index contributed by atoms with van der Waals surface area (Å²) >= 11 is 0. The lowest BCUT2D eigenvalue weighted by Gasteiger charge is -2.20. The molecule has 0 radical (unpaired) electrons. The second kappa shape index (κ2) is 5.85. The maximum atomic E-state index is 13.0. The maximum absolute atomic E-state index is 13.0. The van der Waals surface area contributed by atoms with Crippen molar-refractivity contribution in [2.24, 2.45) is 4.40 Å². The van der Waals surface area contributed by atoms with E-state index >= 15 is 0 Å². The third kappa shape index (κ3) is 2.63. The summed E-state index contributed by atoms with van der Waals surface area (Å²) in [5.74, 6) is -2.50. The van der Waals surface area contributed by atoms with Crippen LogP contribution in [0, 0.1) is 0 Å². The third-order valence-electron chi connectivity index (χ3n) is 4.27. The summed E-state index contributed by atoms with van der Waals surface area (Å²) in [4.78, 5) is 35.4. The molecule has 0 saturated carbocycles. The molecule has 0 spiro atoms. The molecule has 2 aliphatic rings. The van der Waals surface area contributed by atoms with Crippen molar-refractivity contribution in [1.82, 2.24) is 0 Å². The lowest BCUT2D eigenvalue weighted by atomic mass is 9.83. The first-order chi connectivity index (χ1) is 12.8. The lowest BCUT2D eigenvalue weighted by molar-refractivity contribution is -0.142. The van der Waals surface area contributed by atoms with E-state index in [4.69, 9.17) is 9.84 Å². The van der Waals surface area contributed by atoms with Crippen LogP contribution in [0.25, 0.3) is 0 Å². The Morgan fingerprint density at radius 3 is 2.44 bits per heavy atom. The zero-order chi connectivity index (χ0) is 19.3. The summed E-state index contributed by atoms with van der Waals surface area (Å²) in [6, 6.07) is 8.76. The second-order valence-electron chi connectivity index (χ2n) is 5.97. The fourth-order valence-electron chi connectivity index (χ4n) is 3.14. The highest BCUT2D eigenvalue weighted by molar-refractivity contribution is 7.90. The summed E-state index contributed by atoms with van der Waals surface area (Å²) in [5.41, 5.74) is 0.836. The second-order valence-corrected chi connectivity index (χ2v) is 7.54. The van der Waals surface area contributed by atoms with Crippen molar-refractivity contribution in [2.45, 2.75) is 17.7 Å². The van der Waals surface area contributed by atoms with Gasteiger partial charge in [-0.2, -0.15) is 12.8 Å². The van der Waals surface area contributed by atoms with Gasteiger partial charge in [0.05, 0.1) is 29.0 Å². The molecule has 4 rings (SSSR count). The molecule has 0 bridgehead atoms. The van der Waals surface area contributed by atoms with Crippen LogP contribution in [0.2, 0.25) is 0 Å². The molecular weight excluding hydrogens is 374 g/mol. The maximum Gasteiger partial charge on any atom is 0.311 e. The number of ketones is 1. The van der Waals surface area contributed by atoms with Gasteiger partial charge in [-0.25, -0.2) is 0 Å². The van der Waals surface area contributed by atoms with E-state index in [1.165, 1.54) is 36.4 Å². The van der Waals surface area contributed by atoms with Gasteiger partial charge < -0.3 is 9.84 Å². The van der Waals surface area contributed by atoms with Crippen molar-refractivity contribution in [3.8, 4) is 5.75 Å². The molecule has 0 aromatic heterocycles. The van der Waals surface area contributed by atoms with Gasteiger partial charge in [0.25, 0.3) is 10.0 Å². The SMILES string of the molecule is O=C(O)CCC(=O)Oc1cccc2c1C(=O)c1cccc3c1C2=NS3(=O)=O. The molecule has 1 heterocycles. The molecule has 0 unspecified atom stereocenters. The normalized spacial score (nSPS) is 15.6. The zero-order valence-electron chi connectivity index (χ0n) is 13.6. The van der Waals surface area contributed by atoms with Crippen LogP contribution in [0.15, 0.2) is 45.7 Å². The number of carboxylic acid groups (broad SMARTS) is 1. The number of ether oxygens (including phenoxy) is 1. The molecule has 0 saturated heterocycles. The van der Waals surface area contributed by atoms with Crippen molar-refractivity contribution < 1.29 is 32.6 Å². The van der Waals surface area contributed by atoms with E-state index in [0.29, 0.717) is 0 Å². The average Bonchev–Trinajstić information content (AvgIpc) is 2.90. The van der Waals surface area contributed by atoms with Crippen molar-refractivity contribution in [3.63, 3.8) is 0 Å². The predicted molar refractivity (Wildman–Crippen MR) is 91.6 cm³/mol. The van der Waals surface area contributed by atoms with Gasteiger partial charge in [-0.1, -0.05) is 24.3 Å². The number of carboxylic acids is 1. The molecule has 1 aliphatic heterocycles. The van der Waals surface area contributed by atoms with E-state index in [-0.39, 0.29) is 45.0 Å². The van der Waals surface area contributed by atoms with Crippen molar-refractivity contribution >= 4 is 33.5 Å². The fraction of sp³-hybridized carbons (Fsp3) is 0.111. The molecule has 136 valence electrons.